The van der Waals surface area contributed by atoms with Crippen molar-refractivity contribution in [3.8, 4) is 0 Å². The first-order valence-corrected chi connectivity index (χ1v) is 6.10. The summed E-state index contributed by atoms with van der Waals surface area (Å²) in [5.41, 5.74) is 2.10. The fourth-order valence-corrected chi connectivity index (χ4v) is 1.53. The number of hydrogen-bond donors (Lipinski definition) is 0. The Balaban J connectivity index is 3.04. The monoisotopic (exact) mass is 247 g/mol. The molecule has 0 atom stereocenters. The molecule has 1 rings (SSSR count). The molecular weight excluding hydrogens is 230 g/mol. The average Bonchev–Trinajstić information content (AvgIpc) is 2.34. The third kappa shape index (κ3) is 4.10. The second-order valence-corrected chi connectivity index (χ2v) is 3.81. The normalized spacial score (nSPS) is 10.9. The Kier molecular flexibility index (Phi) is 5.53. The van der Waals surface area contributed by atoms with Crippen molar-refractivity contribution in [3.05, 3.63) is 29.8 Å². The van der Waals surface area contributed by atoms with Gasteiger partial charge in [0.1, 0.15) is 0 Å². The fraction of sp³-hybridized carbons (Fsp3) is 0.385. The van der Waals surface area contributed by atoms with Gasteiger partial charge in [0.2, 0.25) is 5.96 Å². The molecule has 0 fully saturated rings. The molecule has 0 saturated carbocycles. The van der Waals surface area contributed by atoms with E-state index >= 15 is 0 Å². The third-order valence-electron chi connectivity index (χ3n) is 2.45. The van der Waals surface area contributed by atoms with Crippen LogP contribution in [0.2, 0.25) is 0 Å². The number of thiocarbonyl (C=S) groups is 1. The van der Waals surface area contributed by atoms with Crippen molar-refractivity contribution >= 4 is 29.0 Å². The minimum absolute atomic E-state index is 0.619. The average molecular weight is 247 g/mol. The summed E-state index contributed by atoms with van der Waals surface area (Å²) < 4.78 is 0. The lowest BCUT2D eigenvalue weighted by molar-refractivity contribution is 0.461. The van der Waals surface area contributed by atoms with Gasteiger partial charge in [-0.15, -0.1) is 0 Å². The molecule has 90 valence electrons. The molecule has 0 aliphatic heterocycles. The predicted octanol–water partition coefficient (Wildman–Crippen LogP) is 3.43. The summed E-state index contributed by atoms with van der Waals surface area (Å²) in [5.74, 6) is 0.619. The fourth-order valence-electron chi connectivity index (χ4n) is 1.45. The van der Waals surface area contributed by atoms with E-state index in [0.29, 0.717) is 5.96 Å². The molecule has 4 heteroatoms. The zero-order valence-corrected chi connectivity index (χ0v) is 11.3. The van der Waals surface area contributed by atoms with E-state index < -0.39 is 0 Å². The maximum atomic E-state index is 4.66. The van der Waals surface area contributed by atoms with Crippen LogP contribution >= 0.6 is 12.2 Å². The van der Waals surface area contributed by atoms with Crippen molar-refractivity contribution in [3.63, 3.8) is 0 Å². The van der Waals surface area contributed by atoms with Crippen molar-refractivity contribution in [2.45, 2.75) is 20.8 Å². The summed E-state index contributed by atoms with van der Waals surface area (Å²) in [6.07, 6.45) is 0. The summed E-state index contributed by atoms with van der Waals surface area (Å²) in [5, 5.41) is 2.38. The summed E-state index contributed by atoms with van der Waals surface area (Å²) in [7, 11) is 0. The minimum atomic E-state index is 0.619. The van der Waals surface area contributed by atoms with Gasteiger partial charge >= 0.3 is 0 Å². The first-order valence-electron chi connectivity index (χ1n) is 5.69. The van der Waals surface area contributed by atoms with E-state index in [1.807, 2.05) is 36.1 Å². The zero-order valence-electron chi connectivity index (χ0n) is 10.5. The summed E-state index contributed by atoms with van der Waals surface area (Å²) in [6.45, 7) is 7.87. The van der Waals surface area contributed by atoms with Crippen LogP contribution in [-0.4, -0.2) is 29.1 Å². The second kappa shape index (κ2) is 6.94. The second-order valence-electron chi connectivity index (χ2n) is 3.62. The molecule has 1 aromatic carbocycles. The topological polar surface area (TPSA) is 28.0 Å². The van der Waals surface area contributed by atoms with Crippen LogP contribution in [0.1, 0.15) is 19.4 Å². The summed E-state index contributed by atoms with van der Waals surface area (Å²) in [6, 6.07) is 8.00. The molecule has 1 aromatic rings. The molecule has 0 aliphatic carbocycles. The van der Waals surface area contributed by atoms with E-state index in [4.69, 9.17) is 0 Å². The Morgan fingerprint density at radius 3 is 2.29 bits per heavy atom. The first kappa shape index (κ1) is 13.6. The van der Waals surface area contributed by atoms with Gasteiger partial charge in [-0.1, -0.05) is 17.7 Å². The van der Waals surface area contributed by atoms with Crippen molar-refractivity contribution in [2.24, 2.45) is 9.98 Å². The molecule has 0 aliphatic rings. The molecule has 0 radical (unpaired) electrons. The minimum Gasteiger partial charge on any atom is -0.341 e. The molecular formula is C13H17N3S. The first-order chi connectivity index (χ1) is 8.21. The van der Waals surface area contributed by atoms with Gasteiger partial charge in [-0.25, -0.2) is 4.99 Å². The highest BCUT2D eigenvalue weighted by Gasteiger charge is 2.05. The van der Waals surface area contributed by atoms with Crippen LogP contribution in [0.25, 0.3) is 0 Å². The number of guanidine groups is 1. The van der Waals surface area contributed by atoms with Gasteiger partial charge in [0.05, 0.1) is 10.8 Å². The maximum Gasteiger partial charge on any atom is 0.235 e. The molecule has 0 aromatic heterocycles. The number of isothiocyanates is 1. The molecule has 0 spiro atoms. The van der Waals surface area contributed by atoms with E-state index in [-0.39, 0.29) is 0 Å². The molecule has 0 N–H and O–H groups in total. The van der Waals surface area contributed by atoms with Gasteiger partial charge in [0.15, 0.2) is 0 Å². The molecule has 0 unspecified atom stereocenters. The van der Waals surface area contributed by atoms with Crippen molar-refractivity contribution in [1.82, 2.24) is 4.90 Å². The van der Waals surface area contributed by atoms with Gasteiger partial charge in [0.25, 0.3) is 0 Å². The highest BCUT2D eigenvalue weighted by Crippen LogP contribution is 2.13. The Hall–Kier alpha value is -1.51. The van der Waals surface area contributed by atoms with E-state index in [0.717, 1.165) is 18.8 Å². The Bertz CT molecular complexity index is 426. The van der Waals surface area contributed by atoms with Gasteiger partial charge in [-0.2, -0.15) is 4.99 Å². The standard InChI is InChI=1S/C13H17N3S/c1-4-16(5-2)13(14-10-17)15-12-8-6-11(3)7-9-12/h6-9H,4-5H2,1-3H3. The van der Waals surface area contributed by atoms with Gasteiger partial charge < -0.3 is 4.90 Å². The Morgan fingerprint density at radius 2 is 1.82 bits per heavy atom. The van der Waals surface area contributed by atoms with Crippen molar-refractivity contribution < 1.29 is 0 Å². The number of aliphatic imine (C=N–C) groups is 2. The van der Waals surface area contributed by atoms with Gasteiger partial charge in [-0.05, 0) is 45.1 Å². The van der Waals surface area contributed by atoms with Crippen LogP contribution < -0.4 is 0 Å². The molecule has 17 heavy (non-hydrogen) atoms. The third-order valence-corrected chi connectivity index (χ3v) is 2.55. The summed E-state index contributed by atoms with van der Waals surface area (Å²) >= 11 is 4.66. The highest BCUT2D eigenvalue weighted by atomic mass is 32.1. The van der Waals surface area contributed by atoms with Crippen LogP contribution in [0.15, 0.2) is 34.3 Å². The highest BCUT2D eigenvalue weighted by molar-refractivity contribution is 7.78. The van der Waals surface area contributed by atoms with Crippen LogP contribution in [0, 0.1) is 6.92 Å². The SMILES string of the molecule is CCN(CC)C(N=C=S)=Nc1ccc(C)cc1. The van der Waals surface area contributed by atoms with E-state index in [1.54, 1.807) is 0 Å². The number of hydrogen-bond acceptors (Lipinski definition) is 2. The number of rotatable bonds is 3. The van der Waals surface area contributed by atoms with E-state index in [9.17, 15) is 0 Å². The van der Waals surface area contributed by atoms with Crippen molar-refractivity contribution in [2.75, 3.05) is 13.1 Å². The largest absolute Gasteiger partial charge is 0.341 e. The van der Waals surface area contributed by atoms with Crippen LogP contribution in [0.4, 0.5) is 5.69 Å². The van der Waals surface area contributed by atoms with Crippen LogP contribution in [-0.2, 0) is 0 Å². The lowest BCUT2D eigenvalue weighted by Crippen LogP contribution is -2.28. The quantitative estimate of drug-likeness (QED) is 0.465. The smallest absolute Gasteiger partial charge is 0.235 e. The Morgan fingerprint density at radius 1 is 1.24 bits per heavy atom. The summed E-state index contributed by atoms with van der Waals surface area (Å²) in [4.78, 5) is 10.5. The Labute approximate surface area is 108 Å². The molecule has 0 saturated heterocycles. The van der Waals surface area contributed by atoms with E-state index in [1.165, 1.54) is 5.56 Å². The molecule has 0 bridgehead atoms. The molecule has 0 heterocycles. The predicted molar refractivity (Wildman–Crippen MR) is 76.2 cm³/mol. The molecule has 3 nitrogen and oxygen atoms in total. The van der Waals surface area contributed by atoms with E-state index in [2.05, 4.69) is 41.2 Å². The lowest BCUT2D eigenvalue weighted by atomic mass is 10.2. The zero-order chi connectivity index (χ0) is 12.7. The van der Waals surface area contributed by atoms with Gasteiger partial charge in [-0.3, -0.25) is 0 Å². The number of nitrogens with zero attached hydrogens (tertiary/aromatic N) is 3. The van der Waals surface area contributed by atoms with Gasteiger partial charge in [0, 0.05) is 13.1 Å². The van der Waals surface area contributed by atoms with Crippen molar-refractivity contribution in [1.29, 1.82) is 0 Å². The van der Waals surface area contributed by atoms with Crippen LogP contribution in [0.3, 0.4) is 0 Å². The van der Waals surface area contributed by atoms with Crippen LogP contribution in [0.5, 0.6) is 0 Å². The lowest BCUT2D eigenvalue weighted by Gasteiger charge is -2.18. The maximum absolute atomic E-state index is 4.66. The number of benzene rings is 1. The number of aryl methyl sites for hydroxylation is 1. The molecule has 0 amide bonds.